The number of rotatable bonds is 60. The molecule has 0 aromatic carbocycles. The van der Waals surface area contributed by atoms with E-state index in [9.17, 15) is 40.5 Å². The van der Waals surface area contributed by atoms with Gasteiger partial charge in [0.25, 0.3) is 0 Å². The highest BCUT2D eigenvalue weighted by atomic mass is 16.7. The minimum atomic E-state index is -1.66. The molecule has 460 valence electrons. The smallest absolute Gasteiger partial charge is 0.249 e. The van der Waals surface area contributed by atoms with Gasteiger partial charge in [-0.05, 0) is 12.8 Å². The van der Waals surface area contributed by atoms with Crippen molar-refractivity contribution in [2.75, 3.05) is 13.2 Å². The van der Waals surface area contributed by atoms with Gasteiger partial charge in [0, 0.05) is 0 Å². The van der Waals surface area contributed by atoms with Crippen LogP contribution in [0.15, 0.2) is 0 Å². The van der Waals surface area contributed by atoms with Gasteiger partial charge in [-0.1, -0.05) is 335 Å². The first-order chi connectivity index (χ1) is 37.7. The van der Waals surface area contributed by atoms with Crippen molar-refractivity contribution in [3.8, 4) is 0 Å². The number of hydrogen-bond donors (Lipinski definition) is 8. The molecule has 9 unspecified atom stereocenters. The van der Waals surface area contributed by atoms with E-state index in [0.717, 1.165) is 38.5 Å². The minimum absolute atomic E-state index is 0.267. The number of carbonyl (C=O) groups excluding carboxylic acids is 1. The van der Waals surface area contributed by atoms with E-state index >= 15 is 0 Å². The van der Waals surface area contributed by atoms with Crippen LogP contribution in [0.4, 0.5) is 0 Å². The molecule has 0 saturated carbocycles. The van der Waals surface area contributed by atoms with Gasteiger partial charge >= 0.3 is 0 Å². The third-order valence-electron chi connectivity index (χ3n) is 16.9. The molecule has 1 rings (SSSR count). The molecule has 0 aromatic rings. The molecule has 0 spiro atoms. The number of aliphatic hydroxyl groups excluding tert-OH is 7. The Kier molecular flexibility index (Phi) is 53.6. The van der Waals surface area contributed by atoms with Gasteiger partial charge in [-0.2, -0.15) is 0 Å². The summed E-state index contributed by atoms with van der Waals surface area (Å²) in [4.78, 5) is 13.2. The van der Waals surface area contributed by atoms with Crippen LogP contribution in [0.3, 0.4) is 0 Å². The number of carbonyl (C=O) groups is 1. The van der Waals surface area contributed by atoms with Gasteiger partial charge in [-0.3, -0.25) is 4.79 Å². The third-order valence-corrected chi connectivity index (χ3v) is 16.9. The molecule has 1 heterocycles. The number of ether oxygens (including phenoxy) is 2. The van der Waals surface area contributed by atoms with Crippen LogP contribution >= 0.6 is 0 Å². The number of unbranched alkanes of at least 4 members (excludes halogenated alkanes) is 48. The fourth-order valence-corrected chi connectivity index (χ4v) is 11.4. The first-order valence-corrected chi connectivity index (χ1v) is 33.9. The molecule has 1 amide bonds. The summed E-state index contributed by atoms with van der Waals surface area (Å²) in [5.74, 6) is -0.689. The summed E-state index contributed by atoms with van der Waals surface area (Å²) in [6.07, 6.45) is 55.1. The van der Waals surface area contributed by atoms with Crippen molar-refractivity contribution in [3.05, 3.63) is 0 Å². The normalized spacial score (nSPS) is 19.4. The molecule has 1 aliphatic rings. The Labute approximate surface area is 475 Å². The van der Waals surface area contributed by atoms with Gasteiger partial charge in [0.15, 0.2) is 6.29 Å². The quantitative estimate of drug-likeness (QED) is 0.0272. The van der Waals surface area contributed by atoms with Crippen LogP contribution in [-0.4, -0.2) is 110 Å². The predicted octanol–water partition coefficient (Wildman–Crippen LogP) is 15.7. The van der Waals surface area contributed by atoms with Gasteiger partial charge < -0.3 is 50.5 Å². The van der Waals surface area contributed by atoms with Crippen molar-refractivity contribution in [2.24, 2.45) is 0 Å². The number of hydrogen-bond acceptors (Lipinski definition) is 10. The number of aliphatic hydroxyl groups is 7. The van der Waals surface area contributed by atoms with Gasteiger partial charge in [-0.25, -0.2) is 0 Å². The molecule has 9 atom stereocenters. The van der Waals surface area contributed by atoms with E-state index in [0.29, 0.717) is 19.3 Å². The zero-order valence-corrected chi connectivity index (χ0v) is 50.7. The number of nitrogens with one attached hydrogen (secondary N) is 1. The molecule has 0 radical (unpaired) electrons. The summed E-state index contributed by atoms with van der Waals surface area (Å²) in [5, 5.41) is 76.1. The first kappa shape index (κ1) is 74.1. The summed E-state index contributed by atoms with van der Waals surface area (Å²) < 4.78 is 11.1. The Bertz CT molecular complexity index is 1210. The van der Waals surface area contributed by atoms with Gasteiger partial charge in [-0.15, -0.1) is 0 Å². The fourth-order valence-electron chi connectivity index (χ4n) is 11.4. The van der Waals surface area contributed by atoms with Crippen molar-refractivity contribution in [3.63, 3.8) is 0 Å². The molecular formula is C66H131NO10. The summed E-state index contributed by atoms with van der Waals surface area (Å²) >= 11 is 0. The highest BCUT2D eigenvalue weighted by Gasteiger charge is 2.44. The van der Waals surface area contributed by atoms with E-state index in [-0.39, 0.29) is 6.42 Å². The van der Waals surface area contributed by atoms with E-state index < -0.39 is 74.2 Å². The largest absolute Gasteiger partial charge is 0.394 e. The lowest BCUT2D eigenvalue weighted by molar-refractivity contribution is -0.303. The van der Waals surface area contributed by atoms with Crippen LogP contribution in [0.1, 0.15) is 348 Å². The van der Waals surface area contributed by atoms with Crippen LogP contribution < -0.4 is 5.32 Å². The maximum absolute atomic E-state index is 13.2. The zero-order valence-electron chi connectivity index (χ0n) is 50.7. The molecule has 0 aromatic heterocycles. The Morgan fingerprint density at radius 2 is 0.675 bits per heavy atom. The van der Waals surface area contributed by atoms with Crippen molar-refractivity contribution >= 4 is 5.91 Å². The lowest BCUT2D eigenvalue weighted by Crippen LogP contribution is -2.60. The van der Waals surface area contributed by atoms with Gasteiger partial charge in [0.1, 0.15) is 36.6 Å². The molecular weight excluding hydrogens is 967 g/mol. The maximum atomic E-state index is 13.2. The molecule has 1 saturated heterocycles. The van der Waals surface area contributed by atoms with Crippen molar-refractivity contribution in [1.82, 2.24) is 5.32 Å². The molecule has 1 aliphatic heterocycles. The molecule has 8 N–H and O–H groups in total. The van der Waals surface area contributed by atoms with E-state index in [1.165, 1.54) is 270 Å². The second kappa shape index (κ2) is 55.6. The predicted molar refractivity (Wildman–Crippen MR) is 321 cm³/mol. The standard InChI is InChI=1S/C66H131NO10/c1-3-5-7-9-11-13-15-17-18-19-20-21-22-23-24-25-26-27-28-29-30-31-32-33-34-35-36-37-38-39-40-41-42-44-46-48-50-52-54-59(70)65(75)67-57(56-76-66-64(74)63(73)62(72)60(55-68)77-66)61(71)58(69)53-51-49-47-45-43-16-14-12-10-8-6-4-2/h57-64,66,68-74H,3-56H2,1-2H3,(H,67,75). The molecule has 1 fully saturated rings. The van der Waals surface area contributed by atoms with Crippen molar-refractivity contribution in [2.45, 2.75) is 403 Å². The molecule has 0 aliphatic carbocycles. The third kappa shape index (κ3) is 43.5. The lowest BCUT2D eigenvalue weighted by atomic mass is 9.98. The highest BCUT2D eigenvalue weighted by molar-refractivity contribution is 5.80. The fraction of sp³-hybridized carbons (Fsp3) is 0.985. The molecule has 0 bridgehead atoms. The summed E-state index contributed by atoms with van der Waals surface area (Å²) in [5.41, 5.74) is 0. The number of amides is 1. The second-order valence-corrected chi connectivity index (χ2v) is 24.3. The Morgan fingerprint density at radius 1 is 0.403 bits per heavy atom. The van der Waals surface area contributed by atoms with Crippen molar-refractivity contribution < 1.29 is 50.0 Å². The Morgan fingerprint density at radius 3 is 0.961 bits per heavy atom. The SMILES string of the molecule is CCCCCCCCCCCCCCCCCCCCCCCCCCCCCCCCCCCCCCCCC(O)C(=O)NC(COC1OC(CO)C(O)C(O)C1O)C(O)C(O)CCCCCCCCCCCCCC. The monoisotopic (exact) mass is 1100 g/mol. The average Bonchev–Trinajstić information content (AvgIpc) is 3.43. The molecule has 77 heavy (non-hydrogen) atoms. The Balaban J connectivity index is 2.06. The van der Waals surface area contributed by atoms with Crippen molar-refractivity contribution in [1.29, 1.82) is 0 Å². The summed E-state index contributed by atoms with van der Waals surface area (Å²) in [7, 11) is 0. The highest BCUT2D eigenvalue weighted by Crippen LogP contribution is 2.24. The van der Waals surface area contributed by atoms with Gasteiger partial charge in [0.2, 0.25) is 5.91 Å². The van der Waals surface area contributed by atoms with E-state index in [1.807, 2.05) is 0 Å². The molecule has 11 nitrogen and oxygen atoms in total. The topological polar surface area (TPSA) is 189 Å². The van der Waals surface area contributed by atoms with Gasteiger partial charge in [0.05, 0.1) is 25.4 Å². The van der Waals surface area contributed by atoms with Crippen LogP contribution in [0.25, 0.3) is 0 Å². The molecule has 11 heteroatoms. The van der Waals surface area contributed by atoms with Crippen LogP contribution in [0.5, 0.6) is 0 Å². The lowest BCUT2D eigenvalue weighted by Gasteiger charge is -2.40. The first-order valence-electron chi connectivity index (χ1n) is 33.9. The van der Waals surface area contributed by atoms with Crippen LogP contribution in [0, 0.1) is 0 Å². The minimum Gasteiger partial charge on any atom is -0.394 e. The van der Waals surface area contributed by atoms with Crippen LogP contribution in [-0.2, 0) is 14.3 Å². The average molecular weight is 1100 g/mol. The maximum Gasteiger partial charge on any atom is 0.249 e. The van der Waals surface area contributed by atoms with E-state index in [1.54, 1.807) is 0 Å². The van der Waals surface area contributed by atoms with Crippen LogP contribution in [0.2, 0.25) is 0 Å². The van der Waals surface area contributed by atoms with E-state index in [2.05, 4.69) is 19.2 Å². The summed E-state index contributed by atoms with van der Waals surface area (Å²) in [6.45, 7) is 3.49. The van der Waals surface area contributed by atoms with E-state index in [4.69, 9.17) is 9.47 Å². The second-order valence-electron chi connectivity index (χ2n) is 24.3. The summed E-state index contributed by atoms with van der Waals surface area (Å²) in [6, 6.07) is -1.16. The zero-order chi connectivity index (χ0) is 56.1. The Hall–Kier alpha value is -0.890.